The van der Waals surface area contributed by atoms with Crippen molar-refractivity contribution in [2.45, 2.75) is 45.1 Å². The maximum Gasteiger partial charge on any atom is 0.296 e. The second-order valence-corrected chi connectivity index (χ2v) is 8.55. The first-order valence-corrected chi connectivity index (χ1v) is 9.21. The first kappa shape index (κ1) is 17.1. The van der Waals surface area contributed by atoms with Crippen LogP contribution in [0.25, 0.3) is 0 Å². The summed E-state index contributed by atoms with van der Waals surface area (Å²) in [6, 6.07) is 0. The predicted octanol–water partition coefficient (Wildman–Crippen LogP) is 3.65. The smallest absolute Gasteiger partial charge is 0.294 e. The fourth-order valence-electron chi connectivity index (χ4n) is 6.19. The molecule has 0 aliphatic heterocycles. The summed E-state index contributed by atoms with van der Waals surface area (Å²) in [4.78, 5) is 28.0. The molecule has 4 aliphatic carbocycles. The Balaban J connectivity index is 1.75. The van der Waals surface area contributed by atoms with Crippen molar-refractivity contribution in [1.82, 2.24) is 0 Å². The molecule has 4 aliphatic rings. The molecule has 5 nitrogen and oxygen atoms in total. The van der Waals surface area contributed by atoms with Gasteiger partial charge in [0.05, 0.1) is 0 Å². The number of rotatable bonds is 2. The van der Waals surface area contributed by atoms with E-state index in [1.54, 1.807) is 12.2 Å². The van der Waals surface area contributed by atoms with Gasteiger partial charge in [0, 0.05) is 10.8 Å². The average molecular weight is 353 g/mol. The zero-order valence-electron chi connectivity index (χ0n) is 15.1. The van der Waals surface area contributed by atoms with Gasteiger partial charge < -0.3 is 0 Å². The molecular formula is C21H23NO4. The number of fused-ring (bicyclic) bond motifs is 5. The van der Waals surface area contributed by atoms with Crippen LogP contribution in [0.3, 0.4) is 0 Å². The molecule has 0 amide bonds. The van der Waals surface area contributed by atoms with E-state index in [4.69, 9.17) is 11.3 Å². The van der Waals surface area contributed by atoms with Crippen molar-refractivity contribution in [2.24, 2.45) is 28.6 Å². The van der Waals surface area contributed by atoms with Crippen molar-refractivity contribution in [3.8, 4) is 12.3 Å². The second-order valence-electron chi connectivity index (χ2n) is 8.55. The highest BCUT2D eigenvalue weighted by Crippen LogP contribution is 2.66. The molecule has 0 saturated heterocycles. The van der Waals surface area contributed by atoms with Crippen LogP contribution in [-0.2, 0) is 9.63 Å². The summed E-state index contributed by atoms with van der Waals surface area (Å²) < 4.78 is 0. The summed E-state index contributed by atoms with van der Waals surface area (Å²) in [6.45, 7) is 4.26. The van der Waals surface area contributed by atoms with Crippen molar-refractivity contribution >= 4 is 5.78 Å². The lowest BCUT2D eigenvalue weighted by Crippen LogP contribution is -2.54. The van der Waals surface area contributed by atoms with E-state index >= 15 is 0 Å². The molecule has 6 atom stereocenters. The summed E-state index contributed by atoms with van der Waals surface area (Å²) in [7, 11) is 0. The van der Waals surface area contributed by atoms with Crippen molar-refractivity contribution in [3.63, 3.8) is 0 Å². The van der Waals surface area contributed by atoms with Crippen molar-refractivity contribution in [1.29, 1.82) is 0 Å². The van der Waals surface area contributed by atoms with Gasteiger partial charge in [-0.15, -0.1) is 16.5 Å². The van der Waals surface area contributed by atoms with Crippen molar-refractivity contribution in [3.05, 3.63) is 46.1 Å². The Morgan fingerprint density at radius 1 is 1.27 bits per heavy atom. The molecule has 0 bridgehead atoms. The second kappa shape index (κ2) is 5.33. The molecule has 0 aromatic rings. The first-order valence-electron chi connectivity index (χ1n) is 9.21. The lowest BCUT2D eigenvalue weighted by Gasteiger charge is -2.55. The van der Waals surface area contributed by atoms with Crippen molar-refractivity contribution in [2.75, 3.05) is 0 Å². The first-order chi connectivity index (χ1) is 12.3. The molecule has 0 heterocycles. The summed E-state index contributed by atoms with van der Waals surface area (Å²) in [5, 5.41) is 10.4. The maximum atomic E-state index is 11.8. The molecule has 0 N–H and O–H groups in total. The molecular weight excluding hydrogens is 330 g/mol. The number of carbonyl (C=O) groups is 1. The van der Waals surface area contributed by atoms with Crippen LogP contribution in [0.1, 0.15) is 39.5 Å². The van der Waals surface area contributed by atoms with Gasteiger partial charge in [-0.3, -0.25) is 9.63 Å². The number of ketones is 1. The maximum absolute atomic E-state index is 11.8. The van der Waals surface area contributed by atoms with Gasteiger partial charge >= 0.3 is 0 Å². The Kier molecular flexibility index (Phi) is 3.50. The molecule has 0 spiro atoms. The Morgan fingerprint density at radius 3 is 2.69 bits per heavy atom. The van der Waals surface area contributed by atoms with Gasteiger partial charge in [0.2, 0.25) is 0 Å². The third kappa shape index (κ3) is 2.02. The fourth-order valence-corrected chi connectivity index (χ4v) is 6.19. The van der Waals surface area contributed by atoms with E-state index < -0.39 is 16.1 Å². The molecule has 2 fully saturated rings. The van der Waals surface area contributed by atoms with E-state index in [9.17, 15) is 14.9 Å². The monoisotopic (exact) mass is 353 g/mol. The van der Waals surface area contributed by atoms with Crippen LogP contribution in [0.4, 0.5) is 0 Å². The molecule has 26 heavy (non-hydrogen) atoms. The van der Waals surface area contributed by atoms with E-state index in [2.05, 4.69) is 31.9 Å². The molecule has 5 heteroatoms. The Morgan fingerprint density at radius 2 is 2.00 bits per heavy atom. The summed E-state index contributed by atoms with van der Waals surface area (Å²) in [5.41, 5.74) is -0.667. The van der Waals surface area contributed by atoms with Crippen LogP contribution in [0.5, 0.6) is 0 Å². The summed E-state index contributed by atoms with van der Waals surface area (Å²) >= 11 is 0. The van der Waals surface area contributed by atoms with E-state index in [1.165, 1.54) is 0 Å². The fraction of sp³-hybridized carbons (Fsp3) is 0.571. The highest BCUT2D eigenvalue weighted by Gasteiger charge is 2.65. The largest absolute Gasteiger partial charge is 0.296 e. The van der Waals surface area contributed by atoms with Crippen LogP contribution in [0.15, 0.2) is 36.0 Å². The minimum atomic E-state index is -1.14. The standard InChI is InChI=1S/C21H23NO4/c1-4-21(26-22(24)25)12-9-18-16-6-5-14-13-15(23)7-10-19(14,2)17(16)8-11-20(18,21)3/h1,5-7,10,13,16-18H,8-9,11-12H2,2-3H3/t16-,17+,18+,19+,20+,21+/m1/s1. The van der Waals surface area contributed by atoms with E-state index in [0.29, 0.717) is 12.3 Å². The molecule has 0 aromatic heterocycles. The number of hydrogen-bond donors (Lipinski definition) is 0. The Labute approximate surface area is 153 Å². The normalized spacial score (nSPS) is 45.8. The summed E-state index contributed by atoms with van der Waals surface area (Å²) in [5.74, 6) is 3.57. The van der Waals surface area contributed by atoms with Gasteiger partial charge in [-0.05, 0) is 61.2 Å². The van der Waals surface area contributed by atoms with Crippen LogP contribution in [-0.4, -0.2) is 16.5 Å². The average Bonchev–Trinajstić information content (AvgIpc) is 2.88. The van der Waals surface area contributed by atoms with Gasteiger partial charge in [-0.25, -0.2) is 0 Å². The van der Waals surface area contributed by atoms with Gasteiger partial charge in [0.25, 0.3) is 5.09 Å². The Hall–Kier alpha value is -2.35. The van der Waals surface area contributed by atoms with E-state index in [0.717, 1.165) is 24.8 Å². The third-order valence-electron chi connectivity index (χ3n) is 7.70. The number of hydrogen-bond acceptors (Lipinski definition) is 4. The minimum absolute atomic E-state index is 0.0350. The van der Waals surface area contributed by atoms with Crippen LogP contribution >= 0.6 is 0 Å². The number of nitrogens with zero attached hydrogens (tertiary/aromatic N) is 1. The van der Waals surface area contributed by atoms with Crippen molar-refractivity contribution < 1.29 is 14.7 Å². The molecule has 4 rings (SSSR count). The topological polar surface area (TPSA) is 69.4 Å². The molecule has 2 saturated carbocycles. The van der Waals surface area contributed by atoms with Crippen LogP contribution in [0, 0.1) is 51.0 Å². The number of allylic oxidation sites excluding steroid dienone is 6. The molecule has 0 radical (unpaired) electrons. The van der Waals surface area contributed by atoms with Gasteiger partial charge in [0.15, 0.2) is 11.4 Å². The van der Waals surface area contributed by atoms with E-state index in [-0.39, 0.29) is 23.0 Å². The minimum Gasteiger partial charge on any atom is -0.294 e. The molecule has 136 valence electrons. The van der Waals surface area contributed by atoms with Gasteiger partial charge in [-0.1, -0.05) is 38.0 Å². The zero-order valence-corrected chi connectivity index (χ0v) is 15.1. The highest BCUT2D eigenvalue weighted by atomic mass is 17.0. The zero-order chi connectivity index (χ0) is 18.7. The lowest BCUT2D eigenvalue weighted by molar-refractivity contribution is -0.781. The SMILES string of the molecule is C#C[C@]1(O[N+](=O)[O-])CC[C@H]2[C@@H]3C=CC4=CC(=O)C=C[C@]4(C)[C@H]3CC[C@@]21C. The van der Waals surface area contributed by atoms with Gasteiger partial charge in [0.1, 0.15) is 0 Å². The Bertz CT molecular complexity index is 818. The summed E-state index contributed by atoms with van der Waals surface area (Å²) in [6.07, 6.45) is 18.5. The predicted molar refractivity (Wildman–Crippen MR) is 96.2 cm³/mol. The quantitative estimate of drug-likeness (QED) is 0.432. The lowest BCUT2D eigenvalue weighted by atomic mass is 9.49. The van der Waals surface area contributed by atoms with Crippen LogP contribution in [0.2, 0.25) is 0 Å². The molecule has 0 aromatic carbocycles. The number of carbonyl (C=O) groups excluding carboxylic acids is 1. The van der Waals surface area contributed by atoms with Gasteiger partial charge in [-0.2, -0.15) is 0 Å². The van der Waals surface area contributed by atoms with E-state index in [1.807, 2.05) is 6.08 Å². The third-order valence-corrected chi connectivity index (χ3v) is 7.70. The highest BCUT2D eigenvalue weighted by molar-refractivity contribution is 6.01. The molecule has 0 unspecified atom stereocenters. The van der Waals surface area contributed by atoms with Crippen LogP contribution < -0.4 is 0 Å². The number of terminal acetylenes is 1.